The zero-order valence-corrected chi connectivity index (χ0v) is 16.5. The van der Waals surface area contributed by atoms with Crippen molar-refractivity contribution >= 4 is 21.7 Å². The minimum absolute atomic E-state index is 0.0809. The van der Waals surface area contributed by atoms with Crippen molar-refractivity contribution in [1.29, 1.82) is 5.26 Å². The fourth-order valence-corrected chi connectivity index (χ4v) is 4.65. The van der Waals surface area contributed by atoms with Crippen LogP contribution in [0.15, 0.2) is 39.1 Å². The van der Waals surface area contributed by atoms with Crippen molar-refractivity contribution in [1.82, 2.24) is 5.32 Å². The number of carbonyl (C=O) groups is 1. The Morgan fingerprint density at radius 1 is 1.31 bits per heavy atom. The number of carbonyl (C=O) groups excluding carboxylic acids is 1. The summed E-state index contributed by atoms with van der Waals surface area (Å²) in [7, 11) is 0. The summed E-state index contributed by atoms with van der Waals surface area (Å²) in [6.45, 7) is 6.21. The first-order chi connectivity index (χ1) is 12.3. The van der Waals surface area contributed by atoms with Gasteiger partial charge in [-0.25, -0.2) is 0 Å². The van der Waals surface area contributed by atoms with Crippen molar-refractivity contribution in [2.45, 2.75) is 39.5 Å². The number of Topliss-reactive ketones (excluding diaryl/α,β-unsaturated/α-hetero) is 1. The molecule has 134 valence electrons. The molecule has 26 heavy (non-hydrogen) atoms. The maximum Gasteiger partial charge on any atom is 0.231 e. The number of allylic oxidation sites excluding steroid dienone is 4. The standard InChI is InChI=1S/C20H19BrN2O3/c1-10-11(8-22)16(17-12(21)4-5-15-19(17)26-9-25-15)18-13(23-10)6-20(2,3)7-14(18)24/h4-5,16,23H,6-7,9H2,1-3H3/t16-/m1/s1. The lowest BCUT2D eigenvalue weighted by molar-refractivity contribution is -0.118. The van der Waals surface area contributed by atoms with Crippen molar-refractivity contribution in [2.75, 3.05) is 6.79 Å². The molecule has 0 bridgehead atoms. The van der Waals surface area contributed by atoms with E-state index in [9.17, 15) is 10.1 Å². The van der Waals surface area contributed by atoms with Gasteiger partial charge in [-0.15, -0.1) is 0 Å². The van der Waals surface area contributed by atoms with Crippen LogP contribution < -0.4 is 14.8 Å². The molecule has 0 fully saturated rings. The summed E-state index contributed by atoms with van der Waals surface area (Å²) in [6.07, 6.45) is 1.23. The van der Waals surface area contributed by atoms with Crippen LogP contribution in [0.25, 0.3) is 0 Å². The number of dihydropyridines is 1. The minimum Gasteiger partial charge on any atom is -0.454 e. The van der Waals surface area contributed by atoms with Crippen LogP contribution in [-0.4, -0.2) is 12.6 Å². The van der Waals surface area contributed by atoms with Crippen LogP contribution in [0.3, 0.4) is 0 Å². The van der Waals surface area contributed by atoms with Crippen LogP contribution in [-0.2, 0) is 4.79 Å². The van der Waals surface area contributed by atoms with E-state index in [0.29, 0.717) is 29.1 Å². The van der Waals surface area contributed by atoms with Crippen molar-refractivity contribution in [3.05, 3.63) is 44.7 Å². The lowest BCUT2D eigenvalue weighted by Crippen LogP contribution is -2.37. The predicted molar refractivity (Wildman–Crippen MR) is 99.5 cm³/mol. The van der Waals surface area contributed by atoms with Crippen LogP contribution in [0, 0.1) is 16.7 Å². The van der Waals surface area contributed by atoms with Crippen LogP contribution in [0.4, 0.5) is 0 Å². The number of ether oxygens (including phenoxy) is 2. The monoisotopic (exact) mass is 414 g/mol. The molecule has 0 unspecified atom stereocenters. The van der Waals surface area contributed by atoms with E-state index in [-0.39, 0.29) is 18.0 Å². The Morgan fingerprint density at radius 3 is 2.81 bits per heavy atom. The Balaban J connectivity index is 1.97. The highest BCUT2D eigenvalue weighted by atomic mass is 79.9. The summed E-state index contributed by atoms with van der Waals surface area (Å²) in [5.41, 5.74) is 3.60. The van der Waals surface area contributed by atoms with Crippen LogP contribution in [0.2, 0.25) is 0 Å². The maximum atomic E-state index is 13.1. The summed E-state index contributed by atoms with van der Waals surface area (Å²) < 4.78 is 12.0. The Hall–Kier alpha value is -2.26. The quantitative estimate of drug-likeness (QED) is 0.741. The van der Waals surface area contributed by atoms with Gasteiger partial charge >= 0.3 is 0 Å². The number of hydrogen-bond donors (Lipinski definition) is 1. The van der Waals surface area contributed by atoms with Gasteiger partial charge in [0.25, 0.3) is 0 Å². The Morgan fingerprint density at radius 2 is 2.08 bits per heavy atom. The normalized spacial score (nSPS) is 23.5. The molecule has 0 radical (unpaired) electrons. The summed E-state index contributed by atoms with van der Waals surface area (Å²) in [5, 5.41) is 13.2. The number of rotatable bonds is 1. The summed E-state index contributed by atoms with van der Waals surface area (Å²) >= 11 is 3.60. The Bertz CT molecular complexity index is 937. The SMILES string of the molecule is CC1=C(C#N)[C@H](c2c(Br)ccc3c2OCO3)C2=C(CC(C)(C)CC2=O)N1. The van der Waals surface area contributed by atoms with Gasteiger partial charge in [0.05, 0.1) is 17.6 Å². The molecule has 0 saturated heterocycles. The Kier molecular flexibility index (Phi) is 3.89. The highest BCUT2D eigenvalue weighted by Gasteiger charge is 2.43. The highest BCUT2D eigenvalue weighted by Crippen LogP contribution is 2.52. The van der Waals surface area contributed by atoms with Crippen LogP contribution >= 0.6 is 15.9 Å². The number of nitriles is 1. The van der Waals surface area contributed by atoms with E-state index < -0.39 is 5.92 Å². The third-order valence-corrected chi connectivity index (χ3v) is 5.86. The molecule has 3 aliphatic rings. The predicted octanol–water partition coefficient (Wildman–Crippen LogP) is 4.31. The van der Waals surface area contributed by atoms with E-state index in [2.05, 4.69) is 41.2 Å². The topological polar surface area (TPSA) is 71.3 Å². The van der Waals surface area contributed by atoms with E-state index in [4.69, 9.17) is 9.47 Å². The maximum absolute atomic E-state index is 13.1. The number of benzene rings is 1. The van der Waals surface area contributed by atoms with Crippen molar-refractivity contribution < 1.29 is 14.3 Å². The molecular formula is C20H19BrN2O3. The van der Waals surface area contributed by atoms with Gasteiger partial charge in [0.1, 0.15) is 0 Å². The highest BCUT2D eigenvalue weighted by molar-refractivity contribution is 9.10. The smallest absolute Gasteiger partial charge is 0.231 e. The molecule has 5 nitrogen and oxygen atoms in total. The molecule has 0 saturated carbocycles. The van der Waals surface area contributed by atoms with E-state index in [1.54, 1.807) is 0 Å². The molecule has 2 aliphatic heterocycles. The van der Waals surface area contributed by atoms with E-state index >= 15 is 0 Å². The van der Waals surface area contributed by atoms with Crippen molar-refractivity contribution in [3.63, 3.8) is 0 Å². The van der Waals surface area contributed by atoms with Gasteiger partial charge in [0.2, 0.25) is 6.79 Å². The lowest BCUT2D eigenvalue weighted by Gasteiger charge is -2.39. The second kappa shape index (κ2) is 5.88. The van der Waals surface area contributed by atoms with E-state index in [0.717, 1.165) is 27.9 Å². The second-order valence-corrected chi connectivity index (χ2v) is 8.59. The van der Waals surface area contributed by atoms with Crippen LogP contribution in [0.5, 0.6) is 11.5 Å². The van der Waals surface area contributed by atoms with Gasteiger partial charge in [0, 0.05) is 33.4 Å². The average Bonchev–Trinajstić information content (AvgIpc) is 3.01. The summed E-state index contributed by atoms with van der Waals surface area (Å²) in [6, 6.07) is 6.02. The van der Waals surface area contributed by atoms with Crippen molar-refractivity contribution in [2.24, 2.45) is 5.41 Å². The van der Waals surface area contributed by atoms with Gasteiger partial charge in [-0.05, 0) is 30.9 Å². The second-order valence-electron chi connectivity index (χ2n) is 7.74. The fourth-order valence-electron chi connectivity index (χ4n) is 4.11. The number of nitrogens with zero attached hydrogens (tertiary/aromatic N) is 1. The number of nitrogens with one attached hydrogen (secondary N) is 1. The number of ketones is 1. The first kappa shape index (κ1) is 17.2. The number of fused-ring (bicyclic) bond motifs is 1. The number of hydrogen-bond acceptors (Lipinski definition) is 5. The molecule has 6 heteroatoms. The first-order valence-electron chi connectivity index (χ1n) is 8.54. The van der Waals surface area contributed by atoms with E-state index in [1.807, 2.05) is 19.1 Å². The molecule has 1 aromatic carbocycles. The zero-order valence-electron chi connectivity index (χ0n) is 14.9. The Labute approximate surface area is 160 Å². The molecule has 2 heterocycles. The zero-order chi connectivity index (χ0) is 18.6. The van der Waals surface area contributed by atoms with Gasteiger partial charge in [-0.3, -0.25) is 4.79 Å². The molecule has 1 aromatic rings. The molecular weight excluding hydrogens is 396 g/mol. The minimum atomic E-state index is -0.453. The largest absolute Gasteiger partial charge is 0.454 e. The fraction of sp³-hybridized carbons (Fsp3) is 0.400. The van der Waals surface area contributed by atoms with Gasteiger partial charge in [-0.2, -0.15) is 5.26 Å². The molecule has 1 aliphatic carbocycles. The van der Waals surface area contributed by atoms with Gasteiger partial charge in [0.15, 0.2) is 17.3 Å². The van der Waals surface area contributed by atoms with Crippen molar-refractivity contribution in [3.8, 4) is 17.6 Å². The molecule has 4 rings (SSSR count). The third kappa shape index (κ3) is 2.53. The lowest BCUT2D eigenvalue weighted by atomic mass is 9.68. The first-order valence-corrected chi connectivity index (χ1v) is 9.34. The molecule has 1 N–H and O–H groups in total. The molecule has 1 atom stereocenters. The third-order valence-electron chi connectivity index (χ3n) is 5.17. The van der Waals surface area contributed by atoms with Crippen LogP contribution in [0.1, 0.15) is 45.1 Å². The molecule has 0 spiro atoms. The molecule has 0 aromatic heterocycles. The van der Waals surface area contributed by atoms with Gasteiger partial charge in [-0.1, -0.05) is 29.8 Å². The van der Waals surface area contributed by atoms with E-state index in [1.165, 1.54) is 0 Å². The molecule has 0 amide bonds. The number of halogens is 1. The average molecular weight is 415 g/mol. The van der Waals surface area contributed by atoms with Gasteiger partial charge < -0.3 is 14.8 Å². The summed E-state index contributed by atoms with van der Waals surface area (Å²) in [5.74, 6) is 0.877. The summed E-state index contributed by atoms with van der Waals surface area (Å²) in [4.78, 5) is 13.1.